The maximum absolute atomic E-state index is 13.8. The van der Waals surface area contributed by atoms with Gasteiger partial charge in [0.2, 0.25) is 41.2 Å². The number of halogens is 4. The molecule has 1 N–H and O–H groups in total. The van der Waals surface area contributed by atoms with E-state index in [2.05, 4.69) is 255 Å². The Morgan fingerprint density at radius 1 is 0.362 bits per heavy atom. The van der Waals surface area contributed by atoms with E-state index in [9.17, 15) is 19.2 Å². The monoisotopic (exact) mass is 2210 g/mol. The number of nitrogens with zero attached hydrogens (tertiary/aromatic N) is 18. The Morgan fingerprint density at radius 2 is 0.718 bits per heavy atom. The van der Waals surface area contributed by atoms with Crippen molar-refractivity contribution in [1.29, 1.82) is 0 Å². The SMILES string of the molecule is C[n+]1cccc(-c2c3nc(c(-c4ccc[n+](C)c4)c4ccc([se]4)c(-c4ccc[n+](C)c4)c4ccc([nH]4)c4nc(c(-c5ccc[n+](C)c5)c5ccc2[se]5)C=C4)C=C3)c1.Cc1oc2nc1-c1nc(co1)-c1nc(co1)-c1nc(co1)-c1nc(co1)-c1nc(co1)C1=NC(CS1)c1nc-2c(C)o1.O=C1c2ccc3c4ccc5c6c(ccc(c7ccc(c2c37)C(=O)N1CCN1CCCCC1)c64)C(=O)N(CCN1CCCCC1)C5=O.[Cl-].[Cl-].[Cl-].[Cl-]. The van der Waals surface area contributed by atoms with Gasteiger partial charge < -0.3 is 90.3 Å². The van der Waals surface area contributed by atoms with Crippen LogP contribution in [0.3, 0.4) is 0 Å². The minimum absolute atomic E-state index is 0. The number of aromatic amines is 1. The Kier molecular flexibility index (Phi) is 26.7. The summed E-state index contributed by atoms with van der Waals surface area (Å²) in [7, 11) is 8.34. The third-order valence-corrected chi connectivity index (χ3v) is 33.7. The smallest absolute Gasteiger partial charge is 0.261 e. The number of piperidine rings is 2. The maximum Gasteiger partial charge on any atom is 0.261 e. The molecule has 20 aromatic rings. The fourth-order valence-corrected chi connectivity index (χ4v) is 26.8. The molecule has 2 saturated heterocycles. The number of imide groups is 2. The van der Waals surface area contributed by atoms with Crippen molar-refractivity contribution >= 4 is 165 Å². The molecule has 26 bridgehead atoms. The van der Waals surface area contributed by atoms with Gasteiger partial charge in [0.25, 0.3) is 23.6 Å². The van der Waals surface area contributed by atoms with E-state index in [1.807, 2.05) is 48.5 Å². The van der Waals surface area contributed by atoms with Gasteiger partial charge in [-0.1, -0.05) is 37.1 Å². The molecule has 30 nitrogen and oxygen atoms in total. The van der Waals surface area contributed by atoms with Crippen molar-refractivity contribution in [3.8, 4) is 114 Å². The van der Waals surface area contributed by atoms with Crippen LogP contribution in [0.25, 0.3) is 209 Å². The molecule has 28 rings (SSSR count). The van der Waals surface area contributed by atoms with Crippen LogP contribution in [0, 0.1) is 13.8 Å². The summed E-state index contributed by atoms with van der Waals surface area (Å²) in [6, 6.07) is 46.0. The van der Waals surface area contributed by atoms with Gasteiger partial charge in [-0.05, 0) is 122 Å². The fraction of sp³-hybridized carbons (Fsp3) is 0.196. The molecule has 15 aromatic heterocycles. The van der Waals surface area contributed by atoms with Gasteiger partial charge in [0.1, 0.15) is 59.6 Å². The zero-order valence-corrected chi connectivity index (χ0v) is 88.2. The van der Waals surface area contributed by atoms with E-state index in [1.165, 1.54) is 105 Å². The zero-order valence-electron chi connectivity index (χ0n) is 81.0. The Bertz CT molecular complexity index is 8890. The summed E-state index contributed by atoms with van der Waals surface area (Å²) in [4.78, 5) is 114. The molecule has 4 amide bonds. The van der Waals surface area contributed by atoms with Gasteiger partial charge in [-0.15, -0.1) is 11.8 Å². The normalized spacial score (nSPS) is 15.0. The van der Waals surface area contributed by atoms with Crippen LogP contribution in [-0.2, 0) is 28.2 Å². The van der Waals surface area contributed by atoms with Crippen LogP contribution in [0.5, 0.6) is 0 Å². The number of hydrogen-bond acceptors (Lipinski definition) is 24. The molecular weight excluding hydrogens is 2120 g/mol. The van der Waals surface area contributed by atoms with Crippen molar-refractivity contribution in [2.45, 2.75) is 58.4 Å². The van der Waals surface area contributed by atoms with Crippen molar-refractivity contribution < 1.29 is 118 Å². The number of oxazole rings is 7. The van der Waals surface area contributed by atoms with Crippen molar-refractivity contribution in [3.63, 3.8) is 0 Å². The number of carbonyl (C=O) groups excluding carboxylic acids is 4. The number of carbonyl (C=O) groups is 4. The number of aryl methyl sites for hydroxylation is 6. The number of amides is 4. The second-order valence-corrected chi connectivity index (χ2v) is 42.9. The molecule has 0 saturated carbocycles. The van der Waals surface area contributed by atoms with Gasteiger partial charge >= 0.3 is 345 Å². The topological polar surface area (TPSA) is 333 Å². The number of aromatic nitrogens is 14. The first-order valence-corrected chi connectivity index (χ1v) is 52.7. The minimum Gasteiger partial charge on any atom is -1.00 e. The van der Waals surface area contributed by atoms with E-state index in [1.54, 1.807) is 13.8 Å². The Hall–Kier alpha value is -14.8. The fourth-order valence-electron chi connectivity index (χ4n) is 21.0. The minimum atomic E-state index is -0.335. The molecule has 2 fully saturated rings. The number of benzene rings is 5. The molecule has 0 aliphatic carbocycles. The Labute approximate surface area is 891 Å². The average molecular weight is 2210 g/mol. The van der Waals surface area contributed by atoms with Gasteiger partial charge in [-0.25, -0.2) is 34.9 Å². The van der Waals surface area contributed by atoms with Gasteiger partial charge in [-0.3, -0.25) is 34.0 Å². The number of hydrogen-bond donors (Lipinski definition) is 1. The van der Waals surface area contributed by atoms with Crippen LogP contribution >= 0.6 is 11.8 Å². The van der Waals surface area contributed by atoms with Crippen molar-refractivity contribution in [2.24, 2.45) is 33.2 Å². The van der Waals surface area contributed by atoms with Crippen molar-refractivity contribution in [1.82, 2.24) is 69.4 Å². The number of aliphatic imine (C=N–C) groups is 1. The number of fused-ring (bicyclic) bond motifs is 36. The summed E-state index contributed by atoms with van der Waals surface area (Å²) in [6.45, 7) is 9.75. The first-order chi connectivity index (χ1) is 70.9. The van der Waals surface area contributed by atoms with Gasteiger partial charge in [0, 0.05) is 65.0 Å². The Balaban J connectivity index is 0.000000126. The molecule has 0 radical (unpaired) electrons. The third-order valence-electron chi connectivity index (χ3n) is 27.9. The molecule has 0 spiro atoms. The number of likely N-dealkylation sites (tertiary alicyclic amines) is 2. The first-order valence-electron chi connectivity index (χ1n) is 48.2. The van der Waals surface area contributed by atoms with Crippen LogP contribution in [0.15, 0.2) is 250 Å². The summed E-state index contributed by atoms with van der Waals surface area (Å²) >= 11 is 1.47. The molecule has 149 heavy (non-hydrogen) atoms. The second-order valence-electron chi connectivity index (χ2n) is 37.4. The molecule has 1 atom stereocenters. The predicted octanol–water partition coefficient (Wildman–Crippen LogP) is 6.81. The number of pyridine rings is 4. The summed E-state index contributed by atoms with van der Waals surface area (Å²) in [5.41, 5.74) is 20.3. The molecule has 23 heterocycles. The predicted molar refractivity (Wildman–Crippen MR) is 551 cm³/mol. The van der Waals surface area contributed by atoms with E-state index < -0.39 is 0 Å². The van der Waals surface area contributed by atoms with Crippen molar-refractivity contribution in [2.75, 3.05) is 58.1 Å². The molecule has 8 aliphatic heterocycles. The van der Waals surface area contributed by atoms with Crippen molar-refractivity contribution in [3.05, 3.63) is 282 Å². The van der Waals surface area contributed by atoms with E-state index in [4.69, 9.17) is 45.9 Å². The second kappa shape index (κ2) is 40.3. The third kappa shape index (κ3) is 17.9. The van der Waals surface area contributed by atoms with Crippen LogP contribution in [0.4, 0.5) is 0 Å². The number of rotatable bonds is 10. The quantitative estimate of drug-likeness (QED) is 0.0483. The van der Waals surface area contributed by atoms with Gasteiger partial charge in [0.15, 0.2) is 34.2 Å². The molecule has 1 unspecified atom stereocenters. The summed E-state index contributed by atoms with van der Waals surface area (Å²) in [5, 5.41) is 7.54. The molecule has 744 valence electrons. The molecule has 8 aliphatic rings. The molecule has 5 aromatic carbocycles. The largest absolute Gasteiger partial charge is 1.00 e. The summed E-state index contributed by atoms with van der Waals surface area (Å²) < 4.78 is 53.9. The Morgan fingerprint density at radius 3 is 1.14 bits per heavy atom. The van der Waals surface area contributed by atoms with Crippen LogP contribution in [-0.4, -0.2) is 185 Å². The standard InChI is InChI=1S/C48H39N7Se2.C38H36N4O4.C26H14N8O7S.4ClH/c1-52-23-5-9-31(27-52)45-37-15-13-35(49-37)36-14-16-38(50-36)46(32-10-6-24-53(2)28-32)42-20-22-44(57-42)48(34-12-8-26-55(4)30-34)40-18-17-39(51-40)47(43-21-19-41(45)56-43)33-11-7-25-54(3)29-33;43-35-27-11-7-23-25-9-13-29-34-30(38(46)42(37(29)45)22-20-40-17-5-2-6-18-40)14-10-26(32(25)34)24-8-12-28(33(27)31(23)24)36(44)41(35)21-19-39-15-3-1-4-16-39;1-9-17-24-30-14(6-39-24)21-28-12(4-37-21)19-27-11(3-35-19)20-29-13(5-36-20)22-31-15(7-38-22)26-32-16(8-42-26)23-33-18(10(2)40-23)25(34-17)41-9;;;;/h5-30,49H,1-4H3;7-14H,1-6,15-22H2;3-7,16H,8H2,1-2H3;4*1H/q+4;;;;;;/p-4. The van der Waals surface area contributed by atoms with E-state index >= 15 is 0 Å². The van der Waals surface area contributed by atoms with Crippen LogP contribution in [0.2, 0.25) is 0 Å². The van der Waals surface area contributed by atoms with Gasteiger partial charge in [-0.2, -0.15) is 0 Å². The average Bonchev–Trinajstić information content (AvgIpc) is 0.952. The number of nitrogens with one attached hydrogen (secondary N) is 1. The van der Waals surface area contributed by atoms with Gasteiger partial charge in [0.05, 0.1) is 0 Å². The van der Waals surface area contributed by atoms with E-state index in [0.717, 1.165) is 140 Å². The van der Waals surface area contributed by atoms with Crippen LogP contribution < -0.4 is 67.9 Å². The van der Waals surface area contributed by atoms with E-state index in [-0.39, 0.29) is 144 Å². The summed E-state index contributed by atoms with van der Waals surface area (Å²) in [6.07, 6.45) is 40.2. The number of H-pyrrole nitrogens is 1. The summed E-state index contributed by atoms with van der Waals surface area (Å²) in [5.74, 6) is 2.47. The maximum atomic E-state index is 13.8. The van der Waals surface area contributed by atoms with E-state index in [0.29, 0.717) is 127 Å². The zero-order chi connectivity index (χ0) is 97.7. The first kappa shape index (κ1) is 98.8. The molecule has 37 heteroatoms. The molecular formula is C112H89Cl4N19O11SSe2. The van der Waals surface area contributed by atoms with Crippen LogP contribution in [0.1, 0.15) is 132 Å². The number of thioether (sulfide) groups is 1.